The average Bonchev–Trinajstić information content (AvgIpc) is 2.96. The minimum absolute atomic E-state index is 0.0228. The molecule has 1 aromatic carbocycles. The summed E-state index contributed by atoms with van der Waals surface area (Å²) in [6, 6.07) is 9.56. The number of halogens is 1. The molecule has 1 unspecified atom stereocenters. The Balaban J connectivity index is 1.85. The van der Waals surface area contributed by atoms with E-state index in [-0.39, 0.29) is 12.0 Å². The van der Waals surface area contributed by atoms with Gasteiger partial charge in [0.15, 0.2) is 5.84 Å². The van der Waals surface area contributed by atoms with Crippen molar-refractivity contribution in [2.45, 2.75) is 6.17 Å². The van der Waals surface area contributed by atoms with Crippen LogP contribution < -0.4 is 5.32 Å². The van der Waals surface area contributed by atoms with Crippen LogP contribution >= 0.6 is 15.9 Å². The molecule has 0 fully saturated rings. The first-order valence-corrected chi connectivity index (χ1v) is 7.55. The molecule has 0 amide bonds. The van der Waals surface area contributed by atoms with E-state index in [9.17, 15) is 0 Å². The molecule has 0 aromatic heterocycles. The molecule has 3 rings (SSSR count). The Kier molecular flexibility index (Phi) is 4.11. The standard InChI is InChI=1S/C16H15BrN4O/c1-22-16(11-5-3-2-4-6-11)20-15(18)13-9-19-14-8-7-12(17)10-21(13)14/h2-10,14,18-19H,1H3/b18-15?,20-16-. The number of amidine groups is 1. The quantitative estimate of drug-likeness (QED) is 0.631. The van der Waals surface area contributed by atoms with Gasteiger partial charge in [-0.15, -0.1) is 0 Å². The molecule has 2 heterocycles. The smallest absolute Gasteiger partial charge is 0.222 e. The number of benzene rings is 1. The number of allylic oxidation sites excluding steroid dienone is 2. The highest BCUT2D eigenvalue weighted by Gasteiger charge is 2.27. The summed E-state index contributed by atoms with van der Waals surface area (Å²) in [6.07, 6.45) is 7.73. The molecule has 0 saturated carbocycles. The minimum Gasteiger partial charge on any atom is -0.481 e. The Hall–Kier alpha value is -2.34. The second-order valence-corrected chi connectivity index (χ2v) is 5.67. The van der Waals surface area contributed by atoms with Crippen LogP contribution in [0.25, 0.3) is 0 Å². The molecule has 2 aliphatic heterocycles. The lowest BCUT2D eigenvalue weighted by molar-refractivity contribution is 0.403. The first kappa shape index (κ1) is 14.6. The van der Waals surface area contributed by atoms with Crippen LogP contribution in [0.4, 0.5) is 0 Å². The summed E-state index contributed by atoms with van der Waals surface area (Å²) in [6.45, 7) is 0. The maximum absolute atomic E-state index is 8.27. The summed E-state index contributed by atoms with van der Waals surface area (Å²) in [5, 5.41) is 11.5. The second kappa shape index (κ2) is 6.19. The van der Waals surface area contributed by atoms with Gasteiger partial charge in [0.05, 0.1) is 7.11 Å². The molecule has 0 aliphatic carbocycles. The van der Waals surface area contributed by atoms with Crippen LogP contribution in [-0.2, 0) is 4.74 Å². The SMILES string of the molecule is CO/C(=N\C(=N)C1=CNC2C=CC(Br)=CN12)c1ccccc1. The van der Waals surface area contributed by atoms with Gasteiger partial charge in [-0.05, 0) is 40.2 Å². The van der Waals surface area contributed by atoms with E-state index in [2.05, 4.69) is 26.2 Å². The highest BCUT2D eigenvalue weighted by atomic mass is 79.9. The zero-order valence-electron chi connectivity index (χ0n) is 12.0. The lowest BCUT2D eigenvalue weighted by Crippen LogP contribution is -2.34. The van der Waals surface area contributed by atoms with Crippen molar-refractivity contribution in [2.75, 3.05) is 7.11 Å². The van der Waals surface area contributed by atoms with Gasteiger partial charge in [-0.3, -0.25) is 5.41 Å². The van der Waals surface area contributed by atoms with Crippen molar-refractivity contribution in [2.24, 2.45) is 4.99 Å². The van der Waals surface area contributed by atoms with Gasteiger partial charge in [0.1, 0.15) is 11.9 Å². The molecule has 1 aromatic rings. The fourth-order valence-corrected chi connectivity index (χ4v) is 2.66. The summed E-state index contributed by atoms with van der Waals surface area (Å²) in [7, 11) is 1.56. The summed E-state index contributed by atoms with van der Waals surface area (Å²) in [4.78, 5) is 6.28. The second-order valence-electron chi connectivity index (χ2n) is 4.76. The zero-order valence-corrected chi connectivity index (χ0v) is 13.5. The van der Waals surface area contributed by atoms with Crippen LogP contribution in [-0.4, -0.2) is 29.9 Å². The molecule has 5 nitrogen and oxygen atoms in total. The molecule has 112 valence electrons. The number of aliphatic imine (C=N–C) groups is 1. The van der Waals surface area contributed by atoms with Gasteiger partial charge in [-0.1, -0.05) is 18.2 Å². The summed E-state index contributed by atoms with van der Waals surface area (Å²) < 4.78 is 6.28. The van der Waals surface area contributed by atoms with Crippen LogP contribution in [0, 0.1) is 5.41 Å². The molecule has 0 bridgehead atoms. The monoisotopic (exact) mass is 358 g/mol. The Labute approximate surface area is 137 Å². The van der Waals surface area contributed by atoms with E-state index < -0.39 is 0 Å². The van der Waals surface area contributed by atoms with Crippen molar-refractivity contribution in [3.63, 3.8) is 0 Å². The van der Waals surface area contributed by atoms with Crippen LogP contribution in [0.15, 0.2) is 70.1 Å². The summed E-state index contributed by atoms with van der Waals surface area (Å²) >= 11 is 3.45. The van der Waals surface area contributed by atoms with Gasteiger partial charge >= 0.3 is 0 Å². The van der Waals surface area contributed by atoms with Crippen LogP contribution in [0.1, 0.15) is 5.56 Å². The number of ether oxygens (including phenoxy) is 1. The number of fused-ring (bicyclic) bond motifs is 1. The maximum Gasteiger partial charge on any atom is 0.222 e. The van der Waals surface area contributed by atoms with Gasteiger partial charge < -0.3 is 15.0 Å². The van der Waals surface area contributed by atoms with Crippen LogP contribution in [0.5, 0.6) is 0 Å². The molecular weight excluding hydrogens is 344 g/mol. The third-order valence-electron chi connectivity index (χ3n) is 3.34. The number of nitrogens with zero attached hydrogens (tertiary/aromatic N) is 2. The Morgan fingerprint density at radius 2 is 2.14 bits per heavy atom. The molecule has 0 saturated heterocycles. The van der Waals surface area contributed by atoms with Gasteiger partial charge in [0.25, 0.3) is 0 Å². The largest absolute Gasteiger partial charge is 0.481 e. The van der Waals surface area contributed by atoms with E-state index >= 15 is 0 Å². The van der Waals surface area contributed by atoms with Crippen molar-refractivity contribution in [1.29, 1.82) is 5.41 Å². The Morgan fingerprint density at radius 1 is 1.36 bits per heavy atom. The number of methoxy groups -OCH3 is 1. The predicted molar refractivity (Wildman–Crippen MR) is 90.7 cm³/mol. The van der Waals surface area contributed by atoms with Crippen molar-refractivity contribution < 1.29 is 4.74 Å². The highest BCUT2D eigenvalue weighted by Crippen LogP contribution is 2.25. The van der Waals surface area contributed by atoms with E-state index in [4.69, 9.17) is 10.1 Å². The fourth-order valence-electron chi connectivity index (χ4n) is 2.28. The van der Waals surface area contributed by atoms with Crippen molar-refractivity contribution in [3.05, 3.63) is 70.6 Å². The topological polar surface area (TPSA) is 60.7 Å². The lowest BCUT2D eigenvalue weighted by atomic mass is 10.2. The molecule has 22 heavy (non-hydrogen) atoms. The normalized spacial score (nSPS) is 20.0. The van der Waals surface area contributed by atoms with E-state index in [0.29, 0.717) is 11.6 Å². The number of hydrogen-bond donors (Lipinski definition) is 2. The molecule has 2 N–H and O–H groups in total. The molecule has 0 spiro atoms. The summed E-state index contributed by atoms with van der Waals surface area (Å²) in [5.74, 6) is 0.563. The van der Waals surface area contributed by atoms with Gasteiger partial charge in [0, 0.05) is 22.4 Å². The lowest BCUT2D eigenvalue weighted by Gasteiger charge is -2.25. The number of nitrogens with one attached hydrogen (secondary N) is 2. The molecule has 2 aliphatic rings. The van der Waals surface area contributed by atoms with Crippen molar-refractivity contribution in [1.82, 2.24) is 10.2 Å². The van der Waals surface area contributed by atoms with Crippen LogP contribution in [0.2, 0.25) is 0 Å². The van der Waals surface area contributed by atoms with E-state index in [1.54, 1.807) is 13.3 Å². The van der Waals surface area contributed by atoms with Crippen molar-refractivity contribution in [3.8, 4) is 0 Å². The first-order valence-electron chi connectivity index (χ1n) is 6.76. The van der Waals surface area contributed by atoms with Gasteiger partial charge in [0.2, 0.25) is 5.90 Å². The highest BCUT2D eigenvalue weighted by molar-refractivity contribution is 9.11. The van der Waals surface area contributed by atoms with Crippen LogP contribution in [0.3, 0.4) is 0 Å². The van der Waals surface area contributed by atoms with E-state index in [1.807, 2.05) is 53.6 Å². The Bertz CT molecular complexity index is 706. The molecule has 1 atom stereocenters. The van der Waals surface area contributed by atoms with Crippen molar-refractivity contribution >= 4 is 27.7 Å². The fraction of sp³-hybridized carbons (Fsp3) is 0.125. The Morgan fingerprint density at radius 3 is 2.86 bits per heavy atom. The average molecular weight is 359 g/mol. The van der Waals surface area contributed by atoms with Gasteiger partial charge in [-0.2, -0.15) is 4.99 Å². The van der Waals surface area contributed by atoms with E-state index in [0.717, 1.165) is 10.0 Å². The molecule has 0 radical (unpaired) electrons. The number of rotatable bonds is 2. The number of hydrogen-bond acceptors (Lipinski definition) is 4. The molecular formula is C16H15BrN4O. The third-order valence-corrected chi connectivity index (χ3v) is 3.81. The first-order chi connectivity index (χ1) is 10.7. The minimum atomic E-state index is 0.0228. The maximum atomic E-state index is 8.27. The summed E-state index contributed by atoms with van der Waals surface area (Å²) in [5.41, 5.74) is 1.53. The third kappa shape index (κ3) is 2.82. The van der Waals surface area contributed by atoms with E-state index in [1.165, 1.54) is 0 Å². The zero-order chi connectivity index (χ0) is 15.5. The predicted octanol–water partition coefficient (Wildman–Crippen LogP) is 2.94. The van der Waals surface area contributed by atoms with Gasteiger partial charge in [-0.25, -0.2) is 0 Å². The molecule has 6 heteroatoms.